The minimum Gasteiger partial charge on any atom is -0.376 e. The highest BCUT2D eigenvalue weighted by molar-refractivity contribution is 6.01. The quantitative estimate of drug-likeness (QED) is 0.337. The summed E-state index contributed by atoms with van der Waals surface area (Å²) in [6.45, 7) is 5.06. The smallest absolute Gasteiger partial charge is 0.259 e. The zero-order valence-electron chi connectivity index (χ0n) is 17.8. The van der Waals surface area contributed by atoms with E-state index in [9.17, 15) is 4.79 Å². The molecule has 0 unspecified atom stereocenters. The summed E-state index contributed by atoms with van der Waals surface area (Å²) in [5.74, 6) is -0.191. The molecule has 4 rings (SSSR count). The Morgan fingerprint density at radius 2 is 1.74 bits per heavy atom. The number of anilines is 1. The molecule has 0 aliphatic carbocycles. The van der Waals surface area contributed by atoms with Gasteiger partial charge in [0.25, 0.3) is 5.91 Å². The summed E-state index contributed by atoms with van der Waals surface area (Å²) >= 11 is 0. The molecule has 0 saturated carbocycles. The van der Waals surface area contributed by atoms with Gasteiger partial charge in [0.1, 0.15) is 0 Å². The van der Waals surface area contributed by atoms with E-state index in [1.807, 2.05) is 49.4 Å². The van der Waals surface area contributed by atoms with E-state index in [1.54, 1.807) is 6.21 Å². The van der Waals surface area contributed by atoms with Crippen LogP contribution >= 0.6 is 0 Å². The third-order valence-corrected chi connectivity index (χ3v) is 5.32. The largest absolute Gasteiger partial charge is 0.376 e. The van der Waals surface area contributed by atoms with Crippen LogP contribution < -0.4 is 10.7 Å². The number of nitrogens with one attached hydrogen (secondary N) is 2. The van der Waals surface area contributed by atoms with Crippen LogP contribution in [0.3, 0.4) is 0 Å². The van der Waals surface area contributed by atoms with Crippen molar-refractivity contribution in [2.24, 2.45) is 5.10 Å². The van der Waals surface area contributed by atoms with Gasteiger partial charge >= 0.3 is 0 Å². The molecule has 0 bridgehead atoms. The van der Waals surface area contributed by atoms with Crippen molar-refractivity contribution >= 4 is 28.7 Å². The van der Waals surface area contributed by atoms with Crippen LogP contribution in [0.25, 0.3) is 10.9 Å². The van der Waals surface area contributed by atoms with Crippen molar-refractivity contribution < 1.29 is 4.79 Å². The molecule has 5 nitrogen and oxygen atoms in total. The Morgan fingerprint density at radius 1 is 0.968 bits per heavy atom. The van der Waals surface area contributed by atoms with E-state index >= 15 is 0 Å². The number of carbonyl (C=O) groups is 1. The van der Waals surface area contributed by atoms with Crippen molar-refractivity contribution in [2.45, 2.75) is 20.4 Å². The number of amides is 1. The maximum Gasteiger partial charge on any atom is 0.259 e. The van der Waals surface area contributed by atoms with Gasteiger partial charge < -0.3 is 9.88 Å². The van der Waals surface area contributed by atoms with Gasteiger partial charge in [-0.2, -0.15) is 5.10 Å². The minimum atomic E-state index is -0.191. The first kappa shape index (κ1) is 20.4. The number of aryl methyl sites for hydroxylation is 1. The number of carbonyl (C=O) groups excluding carboxylic acids is 1. The monoisotopic (exact) mass is 410 g/mol. The zero-order valence-corrected chi connectivity index (χ0v) is 17.8. The fourth-order valence-corrected chi connectivity index (χ4v) is 3.74. The lowest BCUT2D eigenvalue weighted by molar-refractivity contribution is -0.119. The summed E-state index contributed by atoms with van der Waals surface area (Å²) in [4.78, 5) is 12.2. The molecule has 5 heteroatoms. The van der Waals surface area contributed by atoms with Gasteiger partial charge in [-0.3, -0.25) is 4.79 Å². The topological polar surface area (TPSA) is 58.4 Å². The average molecular weight is 411 g/mol. The molecule has 1 heterocycles. The van der Waals surface area contributed by atoms with Crippen LogP contribution in [0.15, 0.2) is 84.0 Å². The molecule has 0 atom stereocenters. The normalized spacial score (nSPS) is 11.2. The van der Waals surface area contributed by atoms with E-state index in [4.69, 9.17) is 0 Å². The van der Waals surface area contributed by atoms with Crippen LogP contribution in [0.1, 0.15) is 22.4 Å². The Labute approximate surface area is 182 Å². The Hall–Kier alpha value is -3.86. The maximum atomic E-state index is 12.2. The van der Waals surface area contributed by atoms with Crippen molar-refractivity contribution in [3.63, 3.8) is 0 Å². The lowest BCUT2D eigenvalue weighted by atomic mass is 10.1. The Balaban J connectivity index is 1.48. The average Bonchev–Trinajstić information content (AvgIpc) is 3.04. The number of benzene rings is 3. The molecule has 0 spiro atoms. The number of aromatic nitrogens is 1. The molecule has 0 fully saturated rings. The second-order valence-corrected chi connectivity index (χ2v) is 7.60. The van der Waals surface area contributed by atoms with E-state index in [-0.39, 0.29) is 12.5 Å². The highest BCUT2D eigenvalue weighted by atomic mass is 16.2. The van der Waals surface area contributed by atoms with Gasteiger partial charge in [-0.15, -0.1) is 0 Å². The molecule has 1 aromatic heterocycles. The summed E-state index contributed by atoms with van der Waals surface area (Å²) < 4.78 is 2.28. The Bertz CT molecular complexity index is 1220. The fourth-order valence-electron chi connectivity index (χ4n) is 3.74. The molecular formula is C26H26N4O. The lowest BCUT2D eigenvalue weighted by Gasteiger charge is -2.08. The van der Waals surface area contributed by atoms with Gasteiger partial charge in [-0.25, -0.2) is 5.43 Å². The highest BCUT2D eigenvalue weighted by Gasteiger charge is 2.12. The maximum absolute atomic E-state index is 12.2. The number of hydrogen-bond donors (Lipinski definition) is 2. The Kier molecular flexibility index (Phi) is 6.13. The van der Waals surface area contributed by atoms with Crippen LogP contribution in [-0.4, -0.2) is 23.2 Å². The van der Waals surface area contributed by atoms with E-state index in [2.05, 4.69) is 63.7 Å². The summed E-state index contributed by atoms with van der Waals surface area (Å²) in [6.07, 6.45) is 1.74. The predicted molar refractivity (Wildman–Crippen MR) is 128 cm³/mol. The lowest BCUT2D eigenvalue weighted by Crippen LogP contribution is -2.25. The third kappa shape index (κ3) is 4.83. The minimum absolute atomic E-state index is 0.162. The van der Waals surface area contributed by atoms with Crippen molar-refractivity contribution in [1.82, 2.24) is 9.99 Å². The molecule has 31 heavy (non-hydrogen) atoms. The summed E-state index contributed by atoms with van der Waals surface area (Å²) in [7, 11) is 0. The molecule has 1 amide bonds. The fraction of sp³-hybridized carbons (Fsp3) is 0.154. The Morgan fingerprint density at radius 3 is 2.55 bits per heavy atom. The second kappa shape index (κ2) is 9.30. The molecule has 0 aliphatic rings. The van der Waals surface area contributed by atoms with E-state index in [0.717, 1.165) is 40.0 Å². The third-order valence-electron chi connectivity index (χ3n) is 5.32. The number of nitrogens with zero attached hydrogens (tertiary/aromatic N) is 2. The molecule has 3 aromatic carbocycles. The zero-order chi connectivity index (χ0) is 21.6. The van der Waals surface area contributed by atoms with Crippen molar-refractivity contribution in [3.05, 3.63) is 101 Å². The molecule has 0 aliphatic heterocycles. The number of rotatable bonds is 7. The van der Waals surface area contributed by atoms with Gasteiger partial charge in [0, 0.05) is 34.4 Å². The molecule has 2 N–H and O–H groups in total. The van der Waals surface area contributed by atoms with Gasteiger partial charge in [0.05, 0.1) is 12.8 Å². The van der Waals surface area contributed by atoms with Gasteiger partial charge in [0.2, 0.25) is 0 Å². The van der Waals surface area contributed by atoms with Crippen LogP contribution in [0.2, 0.25) is 0 Å². The predicted octanol–water partition coefficient (Wildman–Crippen LogP) is 4.87. The molecular weight excluding hydrogens is 384 g/mol. The van der Waals surface area contributed by atoms with Gasteiger partial charge in [0.15, 0.2) is 0 Å². The first-order valence-corrected chi connectivity index (χ1v) is 10.4. The number of para-hydroxylation sites is 1. The van der Waals surface area contributed by atoms with Crippen LogP contribution in [0, 0.1) is 13.8 Å². The van der Waals surface area contributed by atoms with Gasteiger partial charge in [-0.1, -0.05) is 60.7 Å². The number of hydrogen-bond acceptors (Lipinski definition) is 3. The van der Waals surface area contributed by atoms with E-state index < -0.39 is 0 Å². The van der Waals surface area contributed by atoms with E-state index in [1.165, 1.54) is 5.56 Å². The first-order chi connectivity index (χ1) is 15.1. The first-order valence-electron chi connectivity index (χ1n) is 10.4. The van der Waals surface area contributed by atoms with Crippen LogP contribution in [-0.2, 0) is 11.3 Å². The van der Waals surface area contributed by atoms with Gasteiger partial charge in [-0.05, 0) is 43.2 Å². The molecule has 4 aromatic rings. The molecule has 0 saturated heterocycles. The highest BCUT2D eigenvalue weighted by Crippen LogP contribution is 2.25. The summed E-state index contributed by atoms with van der Waals surface area (Å²) in [5.41, 5.74) is 9.20. The van der Waals surface area contributed by atoms with Crippen LogP contribution in [0.5, 0.6) is 0 Å². The van der Waals surface area contributed by atoms with E-state index in [0.29, 0.717) is 0 Å². The summed E-state index contributed by atoms with van der Waals surface area (Å²) in [5, 5.41) is 8.46. The molecule has 0 radical (unpaired) electrons. The van der Waals surface area contributed by atoms with Crippen molar-refractivity contribution in [3.8, 4) is 0 Å². The molecule has 156 valence electrons. The SMILES string of the molecule is Cc1cccc(NCC(=O)N/N=C/c2c(C)n(Cc3ccccc3)c3ccccc23)c1. The number of fused-ring (bicyclic) bond motifs is 1. The summed E-state index contributed by atoms with van der Waals surface area (Å²) in [6, 6.07) is 26.6. The van der Waals surface area contributed by atoms with Crippen LogP contribution in [0.4, 0.5) is 5.69 Å². The number of hydrazone groups is 1. The van der Waals surface area contributed by atoms with Crippen molar-refractivity contribution in [1.29, 1.82) is 0 Å². The van der Waals surface area contributed by atoms with Crippen molar-refractivity contribution in [2.75, 3.05) is 11.9 Å². The second-order valence-electron chi connectivity index (χ2n) is 7.60. The standard InChI is InChI=1S/C26H26N4O/c1-19-9-8-12-22(15-19)27-17-26(31)29-28-16-24-20(2)30(18-21-10-4-3-5-11-21)25-14-7-6-13-23(24)25/h3-16,27H,17-18H2,1-2H3,(H,29,31)/b28-16+.